The molecule has 0 unspecified atom stereocenters. The average Bonchev–Trinajstić information content (AvgIpc) is 2.72. The summed E-state index contributed by atoms with van der Waals surface area (Å²) in [7, 11) is 0. The first-order valence-electron chi connectivity index (χ1n) is 9.07. The van der Waals surface area contributed by atoms with Crippen LogP contribution in [-0.2, 0) is 12.8 Å². The summed E-state index contributed by atoms with van der Waals surface area (Å²) in [6, 6.07) is 17.6. The molecule has 5 heteroatoms. The van der Waals surface area contributed by atoms with Gasteiger partial charge in [-0.05, 0) is 37.8 Å². The van der Waals surface area contributed by atoms with Gasteiger partial charge in [-0.1, -0.05) is 70.2 Å². The molecule has 0 saturated carbocycles. The van der Waals surface area contributed by atoms with Gasteiger partial charge in [0, 0.05) is 26.9 Å². The molecule has 0 fully saturated rings. The summed E-state index contributed by atoms with van der Waals surface area (Å²) in [6.07, 6.45) is 4.32. The number of aromatic nitrogens is 2. The molecule has 1 aliphatic carbocycles. The van der Waals surface area contributed by atoms with Gasteiger partial charge < -0.3 is 0 Å². The molecule has 27 heavy (non-hydrogen) atoms. The van der Waals surface area contributed by atoms with Crippen molar-refractivity contribution < 1.29 is 4.79 Å². The van der Waals surface area contributed by atoms with E-state index in [1.807, 2.05) is 54.6 Å². The summed E-state index contributed by atoms with van der Waals surface area (Å²) in [4.78, 5) is 22.2. The third-order valence-corrected chi connectivity index (χ3v) is 6.23. The number of benzene rings is 2. The van der Waals surface area contributed by atoms with Crippen molar-refractivity contribution in [2.24, 2.45) is 0 Å². The lowest BCUT2D eigenvalue weighted by atomic mass is 9.97. The fourth-order valence-electron chi connectivity index (χ4n) is 3.25. The number of rotatable bonds is 5. The minimum absolute atomic E-state index is 0.122. The Bertz CT molecular complexity index is 958. The number of fused-ring (bicyclic) bond motifs is 1. The van der Waals surface area contributed by atoms with E-state index >= 15 is 0 Å². The van der Waals surface area contributed by atoms with Crippen LogP contribution in [0, 0.1) is 0 Å². The number of hydrogen-bond acceptors (Lipinski definition) is 4. The van der Waals surface area contributed by atoms with Crippen LogP contribution in [0.4, 0.5) is 0 Å². The van der Waals surface area contributed by atoms with E-state index in [-0.39, 0.29) is 5.78 Å². The van der Waals surface area contributed by atoms with Crippen molar-refractivity contribution in [1.82, 2.24) is 9.97 Å². The van der Waals surface area contributed by atoms with Crippen molar-refractivity contribution in [1.29, 1.82) is 0 Å². The molecule has 1 aromatic heterocycles. The van der Waals surface area contributed by atoms with Crippen LogP contribution in [0.2, 0.25) is 0 Å². The zero-order chi connectivity index (χ0) is 18.6. The molecule has 1 heterocycles. The SMILES string of the molecule is O=C(CSc1nc(-c2ccccc2)nc2c1CCCC2)c1ccc(Br)cc1. The van der Waals surface area contributed by atoms with Crippen molar-refractivity contribution in [2.45, 2.75) is 30.7 Å². The maximum Gasteiger partial charge on any atom is 0.173 e. The Kier molecular flexibility index (Phi) is 5.69. The molecule has 4 rings (SSSR count). The third kappa shape index (κ3) is 4.30. The Morgan fingerprint density at radius 1 is 0.963 bits per heavy atom. The number of carbonyl (C=O) groups is 1. The molecule has 0 saturated heterocycles. The maximum atomic E-state index is 12.6. The molecule has 0 amide bonds. The molecule has 3 nitrogen and oxygen atoms in total. The highest BCUT2D eigenvalue weighted by Gasteiger charge is 2.19. The van der Waals surface area contributed by atoms with E-state index in [2.05, 4.69) is 15.9 Å². The average molecular weight is 439 g/mol. The van der Waals surface area contributed by atoms with E-state index in [9.17, 15) is 4.79 Å². The van der Waals surface area contributed by atoms with Crippen LogP contribution in [-0.4, -0.2) is 21.5 Å². The zero-order valence-corrected chi connectivity index (χ0v) is 17.2. The van der Waals surface area contributed by atoms with Crippen molar-refractivity contribution in [3.8, 4) is 11.4 Å². The highest BCUT2D eigenvalue weighted by Crippen LogP contribution is 2.31. The first kappa shape index (κ1) is 18.4. The van der Waals surface area contributed by atoms with Gasteiger partial charge in [-0.3, -0.25) is 4.79 Å². The summed E-state index contributed by atoms with van der Waals surface area (Å²) in [6.45, 7) is 0. The lowest BCUT2D eigenvalue weighted by Crippen LogP contribution is -2.11. The van der Waals surface area contributed by atoms with Crippen molar-refractivity contribution in [2.75, 3.05) is 5.75 Å². The molecular weight excluding hydrogens is 420 g/mol. The van der Waals surface area contributed by atoms with E-state index in [0.29, 0.717) is 5.75 Å². The van der Waals surface area contributed by atoms with E-state index in [0.717, 1.165) is 51.4 Å². The van der Waals surface area contributed by atoms with E-state index in [1.165, 1.54) is 23.7 Å². The Morgan fingerprint density at radius 3 is 2.48 bits per heavy atom. The monoisotopic (exact) mass is 438 g/mol. The lowest BCUT2D eigenvalue weighted by Gasteiger charge is -2.18. The lowest BCUT2D eigenvalue weighted by molar-refractivity contribution is 0.102. The predicted octanol–water partition coefficient (Wildman–Crippen LogP) is 5.76. The summed E-state index contributed by atoms with van der Waals surface area (Å²) in [5.41, 5.74) is 4.13. The number of Topliss-reactive ketones (excluding diaryl/α,β-unsaturated/α-hetero) is 1. The largest absolute Gasteiger partial charge is 0.293 e. The van der Waals surface area contributed by atoms with Crippen molar-refractivity contribution in [3.63, 3.8) is 0 Å². The number of carbonyl (C=O) groups excluding carboxylic acids is 1. The van der Waals surface area contributed by atoms with Gasteiger partial charge in [0.15, 0.2) is 11.6 Å². The Labute approximate surface area is 171 Å². The van der Waals surface area contributed by atoms with E-state index < -0.39 is 0 Å². The van der Waals surface area contributed by atoms with Crippen molar-refractivity contribution in [3.05, 3.63) is 75.9 Å². The topological polar surface area (TPSA) is 42.9 Å². The quantitative estimate of drug-likeness (QED) is 0.288. The molecule has 0 spiro atoms. The maximum absolute atomic E-state index is 12.6. The molecule has 3 aromatic rings. The first-order valence-corrected chi connectivity index (χ1v) is 10.9. The number of ketones is 1. The minimum Gasteiger partial charge on any atom is -0.293 e. The van der Waals surface area contributed by atoms with Gasteiger partial charge in [0.05, 0.1) is 5.75 Å². The van der Waals surface area contributed by atoms with Gasteiger partial charge in [0.2, 0.25) is 0 Å². The summed E-state index contributed by atoms with van der Waals surface area (Å²) < 4.78 is 0.976. The Balaban J connectivity index is 1.61. The number of halogens is 1. The number of aryl methyl sites for hydroxylation is 1. The fourth-order valence-corrected chi connectivity index (χ4v) is 4.49. The second-order valence-corrected chi connectivity index (χ2v) is 8.45. The summed E-state index contributed by atoms with van der Waals surface area (Å²) in [5.74, 6) is 1.27. The predicted molar refractivity (Wildman–Crippen MR) is 113 cm³/mol. The smallest absolute Gasteiger partial charge is 0.173 e. The van der Waals surface area contributed by atoms with E-state index in [4.69, 9.17) is 9.97 Å². The molecule has 1 aliphatic rings. The molecule has 0 N–H and O–H groups in total. The van der Waals surface area contributed by atoms with Crippen LogP contribution in [0.15, 0.2) is 64.1 Å². The number of nitrogens with zero attached hydrogens (tertiary/aromatic N) is 2. The molecule has 136 valence electrons. The Hall–Kier alpha value is -1.98. The van der Waals surface area contributed by atoms with Crippen molar-refractivity contribution >= 4 is 33.5 Å². The normalized spacial score (nSPS) is 13.2. The molecule has 2 aromatic carbocycles. The van der Waals surface area contributed by atoms with Gasteiger partial charge in [-0.2, -0.15) is 0 Å². The summed E-state index contributed by atoms with van der Waals surface area (Å²) >= 11 is 4.95. The zero-order valence-electron chi connectivity index (χ0n) is 14.8. The summed E-state index contributed by atoms with van der Waals surface area (Å²) in [5, 5.41) is 0.962. The fraction of sp³-hybridized carbons (Fsp3) is 0.227. The van der Waals surface area contributed by atoms with Crippen LogP contribution in [0.3, 0.4) is 0 Å². The Morgan fingerprint density at radius 2 is 1.70 bits per heavy atom. The molecule has 0 atom stereocenters. The molecule has 0 aliphatic heterocycles. The minimum atomic E-state index is 0.122. The van der Waals surface area contributed by atoms with Gasteiger partial charge >= 0.3 is 0 Å². The van der Waals surface area contributed by atoms with Gasteiger partial charge in [0.1, 0.15) is 5.03 Å². The first-order chi connectivity index (χ1) is 13.2. The number of thioether (sulfide) groups is 1. The van der Waals surface area contributed by atoms with Gasteiger partial charge in [-0.15, -0.1) is 0 Å². The second kappa shape index (κ2) is 8.36. The van der Waals surface area contributed by atoms with Gasteiger partial charge in [0.25, 0.3) is 0 Å². The highest BCUT2D eigenvalue weighted by molar-refractivity contribution is 9.10. The van der Waals surface area contributed by atoms with Crippen LogP contribution in [0.5, 0.6) is 0 Å². The highest BCUT2D eigenvalue weighted by atomic mass is 79.9. The molecule has 0 bridgehead atoms. The van der Waals surface area contributed by atoms with Crippen LogP contribution >= 0.6 is 27.7 Å². The third-order valence-electron chi connectivity index (χ3n) is 4.68. The van der Waals surface area contributed by atoms with E-state index in [1.54, 1.807) is 0 Å². The molecular formula is C22H19BrN2OS. The van der Waals surface area contributed by atoms with Crippen LogP contribution < -0.4 is 0 Å². The second-order valence-electron chi connectivity index (χ2n) is 6.57. The van der Waals surface area contributed by atoms with Crippen LogP contribution in [0.25, 0.3) is 11.4 Å². The van der Waals surface area contributed by atoms with Gasteiger partial charge in [-0.25, -0.2) is 9.97 Å². The standard InChI is InChI=1S/C22H19BrN2OS/c23-17-12-10-15(11-13-17)20(26)14-27-22-18-8-4-5-9-19(18)24-21(25-22)16-6-2-1-3-7-16/h1-3,6-7,10-13H,4-5,8-9,14H2. The molecule has 0 radical (unpaired) electrons. The van der Waals surface area contributed by atoms with Crippen LogP contribution in [0.1, 0.15) is 34.5 Å². The number of hydrogen-bond donors (Lipinski definition) is 0.